The molecule has 2 aliphatic rings. The van der Waals surface area contributed by atoms with Crippen LogP contribution in [0, 0.1) is 11.8 Å². The molecule has 2 heterocycles. The van der Waals surface area contributed by atoms with Crippen LogP contribution in [-0.2, 0) is 9.53 Å². The average Bonchev–Trinajstić information content (AvgIpc) is 2.72. The number of guanidine groups is 1. The molecule has 0 saturated carbocycles. The van der Waals surface area contributed by atoms with Gasteiger partial charge in [0.1, 0.15) is 0 Å². The Labute approximate surface area is 206 Å². The molecule has 0 aromatic carbocycles. The first-order valence-electron chi connectivity index (χ1n) is 11.7. The van der Waals surface area contributed by atoms with E-state index < -0.39 is 0 Å². The summed E-state index contributed by atoms with van der Waals surface area (Å²) in [6, 6.07) is 0. The number of nitrogens with zero attached hydrogens (tertiary/aromatic N) is 4. The number of halogens is 1. The average molecular weight is 553 g/mol. The number of rotatable bonds is 10. The second-order valence-corrected chi connectivity index (χ2v) is 8.96. The van der Waals surface area contributed by atoms with Crippen molar-refractivity contribution < 1.29 is 9.53 Å². The second-order valence-electron chi connectivity index (χ2n) is 8.96. The Morgan fingerprint density at radius 3 is 2.52 bits per heavy atom. The molecule has 0 aromatic rings. The van der Waals surface area contributed by atoms with Crippen molar-refractivity contribution in [1.82, 2.24) is 25.3 Å². The Hall–Kier alpha value is -0.650. The van der Waals surface area contributed by atoms with Crippen molar-refractivity contribution in [2.75, 3.05) is 85.7 Å². The normalized spacial score (nSPS) is 21.1. The fourth-order valence-electron chi connectivity index (χ4n) is 4.29. The van der Waals surface area contributed by atoms with Crippen LogP contribution in [0.25, 0.3) is 0 Å². The van der Waals surface area contributed by atoms with E-state index >= 15 is 0 Å². The number of likely N-dealkylation sites (tertiary alicyclic amines) is 1. The van der Waals surface area contributed by atoms with Crippen molar-refractivity contribution in [3.8, 4) is 0 Å². The smallest absolute Gasteiger partial charge is 0.234 e. The lowest BCUT2D eigenvalue weighted by molar-refractivity contribution is -0.122. The Bertz CT molecular complexity index is 526. The molecule has 8 nitrogen and oxygen atoms in total. The van der Waals surface area contributed by atoms with Gasteiger partial charge in [-0.2, -0.15) is 0 Å². The van der Waals surface area contributed by atoms with Crippen molar-refractivity contribution in [2.45, 2.75) is 33.6 Å². The summed E-state index contributed by atoms with van der Waals surface area (Å²) in [5.41, 5.74) is 0. The predicted octanol–water partition coefficient (Wildman–Crippen LogP) is 1.32. The van der Waals surface area contributed by atoms with Crippen LogP contribution in [0.5, 0.6) is 0 Å². The molecule has 1 amide bonds. The lowest BCUT2D eigenvalue weighted by Crippen LogP contribution is -2.54. The number of amides is 1. The number of methoxy groups -OCH3 is 1. The van der Waals surface area contributed by atoms with Crippen LogP contribution in [0.1, 0.15) is 33.6 Å². The molecule has 0 spiro atoms. The summed E-state index contributed by atoms with van der Waals surface area (Å²) in [6.07, 6.45) is 2.57. The van der Waals surface area contributed by atoms with E-state index in [1.54, 1.807) is 7.11 Å². The quantitative estimate of drug-likeness (QED) is 0.185. The third-order valence-electron chi connectivity index (χ3n) is 5.73. The van der Waals surface area contributed by atoms with E-state index in [0.717, 1.165) is 51.1 Å². The molecule has 1 atom stereocenters. The number of carbonyl (C=O) groups excluding carboxylic acids is 1. The molecule has 1 unspecified atom stereocenters. The van der Waals surface area contributed by atoms with Crippen LogP contribution in [0.15, 0.2) is 4.99 Å². The minimum Gasteiger partial charge on any atom is -0.383 e. The maximum Gasteiger partial charge on any atom is 0.234 e. The molecule has 2 saturated heterocycles. The fourth-order valence-corrected chi connectivity index (χ4v) is 4.29. The summed E-state index contributed by atoms with van der Waals surface area (Å²) < 4.78 is 4.98. The molecule has 2 fully saturated rings. The summed E-state index contributed by atoms with van der Waals surface area (Å²) in [4.78, 5) is 24.2. The van der Waals surface area contributed by atoms with Crippen molar-refractivity contribution >= 4 is 35.8 Å². The number of hydrogen-bond acceptors (Lipinski definition) is 5. The fraction of sp³-hybridized carbons (Fsp3) is 0.909. The van der Waals surface area contributed by atoms with Gasteiger partial charge in [0.2, 0.25) is 5.91 Å². The number of piperidine rings is 1. The summed E-state index contributed by atoms with van der Waals surface area (Å²) in [7, 11) is 1.64. The summed E-state index contributed by atoms with van der Waals surface area (Å²) in [6.45, 7) is 17.3. The number of aliphatic imine (C=N–C) groups is 1. The maximum atomic E-state index is 12.0. The van der Waals surface area contributed by atoms with Crippen LogP contribution >= 0.6 is 24.0 Å². The van der Waals surface area contributed by atoms with E-state index in [2.05, 4.69) is 46.1 Å². The number of hydrogen-bond donors (Lipinski definition) is 2. The minimum atomic E-state index is 0. The molecule has 0 radical (unpaired) electrons. The van der Waals surface area contributed by atoms with Gasteiger partial charge in [-0.15, -0.1) is 24.0 Å². The Balaban J connectivity index is 0.00000480. The second kappa shape index (κ2) is 16.0. The van der Waals surface area contributed by atoms with Gasteiger partial charge in [-0.05, 0) is 38.1 Å². The first-order chi connectivity index (χ1) is 14.5. The number of ether oxygens (including phenoxy) is 1. The predicted molar refractivity (Wildman–Crippen MR) is 138 cm³/mol. The van der Waals surface area contributed by atoms with E-state index in [-0.39, 0.29) is 29.9 Å². The summed E-state index contributed by atoms with van der Waals surface area (Å²) >= 11 is 0. The number of carbonyl (C=O) groups is 1. The van der Waals surface area contributed by atoms with Crippen molar-refractivity contribution in [3.05, 3.63) is 0 Å². The molecule has 0 aromatic heterocycles. The molecule has 0 aliphatic carbocycles. The van der Waals surface area contributed by atoms with E-state index in [9.17, 15) is 4.79 Å². The van der Waals surface area contributed by atoms with Crippen LogP contribution in [0.2, 0.25) is 0 Å². The Morgan fingerprint density at radius 1 is 1.13 bits per heavy atom. The molecular weight excluding hydrogens is 507 g/mol. The van der Waals surface area contributed by atoms with Gasteiger partial charge in [0.15, 0.2) is 5.96 Å². The third kappa shape index (κ3) is 11.2. The van der Waals surface area contributed by atoms with Crippen LogP contribution in [0.4, 0.5) is 0 Å². The third-order valence-corrected chi connectivity index (χ3v) is 5.73. The highest BCUT2D eigenvalue weighted by Crippen LogP contribution is 2.18. The first-order valence-corrected chi connectivity index (χ1v) is 11.7. The van der Waals surface area contributed by atoms with Crippen molar-refractivity contribution in [2.24, 2.45) is 16.8 Å². The summed E-state index contributed by atoms with van der Waals surface area (Å²) in [5, 5.41) is 6.37. The summed E-state index contributed by atoms with van der Waals surface area (Å²) in [5.74, 6) is 2.48. The zero-order chi connectivity index (χ0) is 21.8. The lowest BCUT2D eigenvalue weighted by atomic mass is 9.97. The highest BCUT2D eigenvalue weighted by atomic mass is 127. The van der Waals surface area contributed by atoms with Gasteiger partial charge >= 0.3 is 0 Å². The molecule has 2 aliphatic heterocycles. The standard InChI is InChI=1S/C22H44N6O2.HI/c1-5-23-22(25-15-20-7-6-9-27(17-20)16-19(2)3)28-12-10-26(11-13-28)18-21(29)24-8-14-30-4;/h19-20H,5-18H2,1-4H3,(H,23,25)(H,24,29);1H. The number of piperazine rings is 1. The lowest BCUT2D eigenvalue weighted by Gasteiger charge is -2.37. The van der Waals surface area contributed by atoms with Crippen molar-refractivity contribution in [3.63, 3.8) is 0 Å². The van der Waals surface area contributed by atoms with E-state index in [0.29, 0.717) is 25.6 Å². The topological polar surface area (TPSA) is 72.4 Å². The molecule has 9 heteroatoms. The SMILES string of the molecule is CCNC(=NCC1CCCN(CC(C)C)C1)N1CCN(CC(=O)NCCOC)CC1.I. The van der Waals surface area contributed by atoms with Crippen LogP contribution in [0.3, 0.4) is 0 Å². The zero-order valence-corrected chi connectivity index (χ0v) is 22.4. The monoisotopic (exact) mass is 552 g/mol. The van der Waals surface area contributed by atoms with E-state index in [1.165, 1.54) is 32.5 Å². The van der Waals surface area contributed by atoms with Gasteiger partial charge in [0.05, 0.1) is 13.2 Å². The van der Waals surface area contributed by atoms with Gasteiger partial charge in [0.25, 0.3) is 0 Å². The molecule has 31 heavy (non-hydrogen) atoms. The van der Waals surface area contributed by atoms with Gasteiger partial charge in [-0.25, -0.2) is 0 Å². The van der Waals surface area contributed by atoms with Crippen LogP contribution in [-0.4, -0.2) is 112 Å². The first kappa shape index (κ1) is 28.4. The largest absolute Gasteiger partial charge is 0.383 e. The molecule has 2 rings (SSSR count). The van der Waals surface area contributed by atoms with E-state index in [1.807, 2.05) is 0 Å². The minimum absolute atomic E-state index is 0. The van der Waals surface area contributed by atoms with Crippen molar-refractivity contribution in [1.29, 1.82) is 0 Å². The van der Waals surface area contributed by atoms with Crippen LogP contribution < -0.4 is 10.6 Å². The molecule has 182 valence electrons. The van der Waals surface area contributed by atoms with E-state index in [4.69, 9.17) is 9.73 Å². The van der Waals surface area contributed by atoms with Gasteiger partial charge < -0.3 is 25.2 Å². The maximum absolute atomic E-state index is 12.0. The van der Waals surface area contributed by atoms with Gasteiger partial charge in [-0.3, -0.25) is 14.7 Å². The van der Waals surface area contributed by atoms with Gasteiger partial charge in [-0.1, -0.05) is 13.8 Å². The molecule has 2 N–H and O–H groups in total. The van der Waals surface area contributed by atoms with Gasteiger partial charge in [0, 0.05) is 66.0 Å². The number of nitrogens with one attached hydrogen (secondary N) is 2. The molecular formula is C22H45IN6O2. The Morgan fingerprint density at radius 2 is 1.87 bits per heavy atom. The highest BCUT2D eigenvalue weighted by Gasteiger charge is 2.23. The Kier molecular flexibility index (Phi) is 14.7. The zero-order valence-electron chi connectivity index (χ0n) is 20.1. The molecule has 0 bridgehead atoms. The highest BCUT2D eigenvalue weighted by molar-refractivity contribution is 14.0.